The molecule has 112 valence electrons. The molecule has 0 radical (unpaired) electrons. The van der Waals surface area contributed by atoms with Crippen LogP contribution in [0.3, 0.4) is 0 Å². The molecule has 0 fully saturated rings. The molecule has 0 atom stereocenters. The highest BCUT2D eigenvalue weighted by Crippen LogP contribution is 2.29. The van der Waals surface area contributed by atoms with Crippen molar-refractivity contribution in [3.8, 4) is 22.1 Å². The van der Waals surface area contributed by atoms with Crippen LogP contribution in [0.15, 0.2) is 53.9 Å². The van der Waals surface area contributed by atoms with Gasteiger partial charge in [0.25, 0.3) is 5.69 Å². The molecule has 7 heteroatoms. The van der Waals surface area contributed by atoms with E-state index in [0.717, 1.165) is 33.1 Å². The highest BCUT2D eigenvalue weighted by molar-refractivity contribution is 7.13. The van der Waals surface area contributed by atoms with Crippen LogP contribution in [-0.2, 0) is 0 Å². The fraction of sp³-hybridized carbons (Fsp3) is 0. The monoisotopic (exact) mass is 322 g/mol. The van der Waals surface area contributed by atoms with Gasteiger partial charge in [-0.25, -0.2) is 9.97 Å². The van der Waals surface area contributed by atoms with Crippen LogP contribution in [0.2, 0.25) is 0 Å². The fourth-order valence-corrected chi connectivity index (χ4v) is 3.09. The molecule has 0 aliphatic heterocycles. The van der Waals surface area contributed by atoms with E-state index in [4.69, 9.17) is 0 Å². The van der Waals surface area contributed by atoms with Crippen LogP contribution in [0.5, 0.6) is 0 Å². The first kappa shape index (κ1) is 13.6. The Labute approximate surface area is 134 Å². The minimum absolute atomic E-state index is 0.0708. The largest absolute Gasteiger partial charge is 0.336 e. The Bertz CT molecular complexity index is 971. The summed E-state index contributed by atoms with van der Waals surface area (Å²) < 4.78 is 0. The molecular formula is C16H10N4O2S. The highest BCUT2D eigenvalue weighted by Gasteiger charge is 2.12. The lowest BCUT2D eigenvalue weighted by Crippen LogP contribution is -1.87. The number of nitrogens with one attached hydrogen (secondary N) is 1. The second-order valence-corrected chi connectivity index (χ2v) is 5.80. The van der Waals surface area contributed by atoms with Crippen molar-refractivity contribution in [2.24, 2.45) is 0 Å². The molecule has 0 unspecified atom stereocenters. The molecule has 2 aromatic heterocycles. The van der Waals surface area contributed by atoms with E-state index in [2.05, 4.69) is 15.0 Å². The van der Waals surface area contributed by atoms with Crippen LogP contribution in [0.4, 0.5) is 5.69 Å². The maximum atomic E-state index is 10.7. The second kappa shape index (κ2) is 5.29. The van der Waals surface area contributed by atoms with Gasteiger partial charge in [-0.15, -0.1) is 11.3 Å². The van der Waals surface area contributed by atoms with Gasteiger partial charge in [-0.1, -0.05) is 12.1 Å². The van der Waals surface area contributed by atoms with Gasteiger partial charge < -0.3 is 4.98 Å². The lowest BCUT2D eigenvalue weighted by Gasteiger charge is -1.96. The predicted octanol–water partition coefficient (Wildman–Crippen LogP) is 4.26. The predicted molar refractivity (Wildman–Crippen MR) is 89.3 cm³/mol. The van der Waals surface area contributed by atoms with Gasteiger partial charge in [0, 0.05) is 23.1 Å². The first-order chi connectivity index (χ1) is 11.2. The van der Waals surface area contributed by atoms with Crippen LogP contribution in [0.25, 0.3) is 33.1 Å². The molecule has 23 heavy (non-hydrogen) atoms. The Morgan fingerprint density at radius 2 is 1.83 bits per heavy atom. The molecule has 2 aromatic carbocycles. The summed E-state index contributed by atoms with van der Waals surface area (Å²) in [6, 6.07) is 14.2. The number of aromatic nitrogens is 3. The number of hydrogen-bond acceptors (Lipinski definition) is 5. The number of hydrogen-bond donors (Lipinski definition) is 1. The molecule has 2 heterocycles. The van der Waals surface area contributed by atoms with Gasteiger partial charge in [-0.2, -0.15) is 0 Å². The highest BCUT2D eigenvalue weighted by atomic mass is 32.1. The summed E-state index contributed by atoms with van der Waals surface area (Å²) in [7, 11) is 0. The number of fused-ring (bicyclic) bond motifs is 1. The average molecular weight is 322 g/mol. The van der Waals surface area contributed by atoms with E-state index in [1.54, 1.807) is 12.1 Å². The Balaban J connectivity index is 1.69. The number of rotatable bonds is 3. The number of nitro benzene ring substituents is 1. The van der Waals surface area contributed by atoms with Crippen molar-refractivity contribution >= 4 is 28.1 Å². The molecule has 0 saturated heterocycles. The maximum Gasteiger partial charge on any atom is 0.269 e. The van der Waals surface area contributed by atoms with Crippen molar-refractivity contribution in [1.29, 1.82) is 0 Å². The minimum Gasteiger partial charge on any atom is -0.336 e. The maximum absolute atomic E-state index is 10.7. The van der Waals surface area contributed by atoms with E-state index >= 15 is 0 Å². The van der Waals surface area contributed by atoms with E-state index < -0.39 is 4.92 Å². The molecule has 1 N–H and O–H groups in total. The molecule has 4 aromatic rings. The summed E-state index contributed by atoms with van der Waals surface area (Å²) in [5.74, 6) is 0.726. The zero-order valence-electron chi connectivity index (χ0n) is 11.8. The second-order valence-electron chi connectivity index (χ2n) is 4.94. The Hall–Kier alpha value is -3.06. The zero-order chi connectivity index (χ0) is 15.8. The van der Waals surface area contributed by atoms with E-state index in [9.17, 15) is 10.1 Å². The lowest BCUT2D eigenvalue weighted by molar-refractivity contribution is -0.384. The summed E-state index contributed by atoms with van der Waals surface area (Å²) >= 11 is 1.48. The molecule has 0 spiro atoms. The van der Waals surface area contributed by atoms with Gasteiger partial charge in [0.2, 0.25) is 0 Å². The summed E-state index contributed by atoms with van der Waals surface area (Å²) in [4.78, 5) is 22.6. The molecule has 4 rings (SSSR count). The van der Waals surface area contributed by atoms with E-state index in [-0.39, 0.29) is 5.69 Å². The summed E-state index contributed by atoms with van der Waals surface area (Å²) in [5.41, 5.74) is 3.56. The standard InChI is InChI=1S/C16H10N4O2S/c21-20(22)11-7-5-10(6-8-11)14-9-23-16(19-14)15-17-12-3-1-2-4-13(12)18-15/h1-9H,(H,17,18). The van der Waals surface area contributed by atoms with E-state index in [1.165, 1.54) is 23.5 Å². The van der Waals surface area contributed by atoms with Crippen molar-refractivity contribution < 1.29 is 4.92 Å². The summed E-state index contributed by atoms with van der Waals surface area (Å²) in [5, 5.41) is 13.4. The van der Waals surface area contributed by atoms with Crippen LogP contribution >= 0.6 is 11.3 Å². The van der Waals surface area contributed by atoms with Gasteiger partial charge >= 0.3 is 0 Å². The fourth-order valence-electron chi connectivity index (χ4n) is 2.32. The Morgan fingerprint density at radius 1 is 1.04 bits per heavy atom. The smallest absolute Gasteiger partial charge is 0.269 e. The van der Waals surface area contributed by atoms with Crippen molar-refractivity contribution in [3.05, 3.63) is 64.0 Å². The zero-order valence-corrected chi connectivity index (χ0v) is 12.6. The van der Waals surface area contributed by atoms with Gasteiger partial charge in [0.1, 0.15) is 0 Å². The quantitative estimate of drug-likeness (QED) is 0.451. The first-order valence-corrected chi connectivity index (χ1v) is 7.74. The topological polar surface area (TPSA) is 84.7 Å². The summed E-state index contributed by atoms with van der Waals surface area (Å²) in [6.07, 6.45) is 0. The average Bonchev–Trinajstić information content (AvgIpc) is 3.21. The Morgan fingerprint density at radius 3 is 2.57 bits per heavy atom. The van der Waals surface area contributed by atoms with Gasteiger partial charge in [0.15, 0.2) is 10.8 Å². The van der Waals surface area contributed by atoms with Crippen molar-refractivity contribution in [2.75, 3.05) is 0 Å². The number of nitro groups is 1. The molecule has 0 saturated carbocycles. The van der Waals surface area contributed by atoms with Crippen molar-refractivity contribution in [2.45, 2.75) is 0 Å². The number of imidazole rings is 1. The van der Waals surface area contributed by atoms with Gasteiger partial charge in [0.05, 0.1) is 21.7 Å². The summed E-state index contributed by atoms with van der Waals surface area (Å²) in [6.45, 7) is 0. The van der Waals surface area contributed by atoms with Gasteiger partial charge in [-0.3, -0.25) is 10.1 Å². The normalized spacial score (nSPS) is 11.0. The third-order valence-electron chi connectivity index (χ3n) is 3.47. The third-order valence-corrected chi connectivity index (χ3v) is 4.32. The third kappa shape index (κ3) is 2.47. The van der Waals surface area contributed by atoms with Crippen molar-refractivity contribution in [1.82, 2.24) is 15.0 Å². The number of para-hydroxylation sites is 2. The first-order valence-electron chi connectivity index (χ1n) is 6.86. The van der Waals surface area contributed by atoms with Crippen LogP contribution in [0.1, 0.15) is 0 Å². The van der Waals surface area contributed by atoms with Crippen LogP contribution < -0.4 is 0 Å². The molecule has 0 aliphatic carbocycles. The van der Waals surface area contributed by atoms with E-state index in [1.807, 2.05) is 29.6 Å². The molecule has 0 bridgehead atoms. The van der Waals surface area contributed by atoms with Crippen LogP contribution in [-0.4, -0.2) is 19.9 Å². The lowest BCUT2D eigenvalue weighted by atomic mass is 10.1. The van der Waals surface area contributed by atoms with Crippen molar-refractivity contribution in [3.63, 3.8) is 0 Å². The molecule has 0 aliphatic rings. The Kier molecular flexibility index (Phi) is 3.13. The number of nitrogens with zero attached hydrogens (tertiary/aromatic N) is 3. The minimum atomic E-state index is -0.412. The number of H-pyrrole nitrogens is 1. The SMILES string of the molecule is O=[N+]([O-])c1ccc(-c2csc(-c3nc4ccccc4[nH]3)n2)cc1. The van der Waals surface area contributed by atoms with Gasteiger partial charge in [-0.05, 0) is 24.3 Å². The number of aromatic amines is 1. The molecular weight excluding hydrogens is 312 g/mol. The number of non-ortho nitro benzene ring substituents is 1. The number of benzene rings is 2. The number of thiazole rings is 1. The molecule has 0 amide bonds. The van der Waals surface area contributed by atoms with E-state index in [0.29, 0.717) is 0 Å². The van der Waals surface area contributed by atoms with Crippen LogP contribution in [0, 0.1) is 10.1 Å². The molecule has 6 nitrogen and oxygen atoms in total.